The van der Waals surface area contributed by atoms with Gasteiger partial charge in [-0.3, -0.25) is 4.79 Å². The van der Waals surface area contributed by atoms with Gasteiger partial charge in [-0.25, -0.2) is 0 Å². The van der Waals surface area contributed by atoms with Crippen molar-refractivity contribution in [3.8, 4) is 5.75 Å². The number of aryl methyl sites for hydroxylation is 1. The van der Waals surface area contributed by atoms with Crippen LogP contribution in [0.3, 0.4) is 0 Å². The first-order chi connectivity index (χ1) is 10.6. The summed E-state index contributed by atoms with van der Waals surface area (Å²) in [6.45, 7) is 7.29. The Morgan fingerprint density at radius 3 is 2.68 bits per heavy atom. The lowest BCUT2D eigenvalue weighted by Crippen LogP contribution is -2.33. The van der Waals surface area contributed by atoms with Gasteiger partial charge in [0.1, 0.15) is 5.75 Å². The molecule has 0 heterocycles. The zero-order valence-corrected chi connectivity index (χ0v) is 15.5. The monoisotopic (exact) mass is 369 g/mol. The zero-order chi connectivity index (χ0) is 16.4. The molecule has 1 amide bonds. The van der Waals surface area contributed by atoms with Crippen LogP contribution in [0.5, 0.6) is 5.75 Å². The highest BCUT2D eigenvalue weighted by Gasteiger charge is 2.10. The van der Waals surface area contributed by atoms with Crippen LogP contribution in [0.2, 0.25) is 0 Å². The lowest BCUT2D eigenvalue weighted by molar-refractivity contribution is -0.123. The molecule has 124 valence electrons. The SMILES string of the molecule is CCCCC(CC)CNC(=O)COc1ccc(CC)cc1Br. The average Bonchev–Trinajstić information content (AvgIpc) is 2.53. The fraction of sp³-hybridized carbons (Fsp3) is 0.611. The molecular weight excluding hydrogens is 342 g/mol. The van der Waals surface area contributed by atoms with E-state index in [9.17, 15) is 4.79 Å². The quantitative estimate of drug-likeness (QED) is 0.647. The Hall–Kier alpha value is -1.03. The van der Waals surface area contributed by atoms with E-state index in [-0.39, 0.29) is 12.5 Å². The number of benzene rings is 1. The number of ether oxygens (including phenoxy) is 1. The number of halogens is 1. The molecule has 0 bridgehead atoms. The van der Waals surface area contributed by atoms with Crippen molar-refractivity contribution in [2.75, 3.05) is 13.2 Å². The lowest BCUT2D eigenvalue weighted by Gasteiger charge is -2.15. The Labute approximate surface area is 143 Å². The maximum atomic E-state index is 11.9. The second-order valence-electron chi connectivity index (χ2n) is 5.63. The molecule has 0 aromatic heterocycles. The van der Waals surface area contributed by atoms with E-state index in [1.54, 1.807) is 0 Å². The third-order valence-electron chi connectivity index (χ3n) is 3.89. The van der Waals surface area contributed by atoms with Crippen LogP contribution in [0, 0.1) is 5.92 Å². The third kappa shape index (κ3) is 6.82. The molecule has 0 aliphatic heterocycles. The summed E-state index contributed by atoms with van der Waals surface area (Å²) < 4.78 is 6.48. The summed E-state index contributed by atoms with van der Waals surface area (Å²) in [5.74, 6) is 1.23. The van der Waals surface area contributed by atoms with Crippen molar-refractivity contribution in [2.45, 2.75) is 52.9 Å². The van der Waals surface area contributed by atoms with E-state index in [0.29, 0.717) is 11.7 Å². The van der Waals surface area contributed by atoms with Gasteiger partial charge in [0.15, 0.2) is 6.61 Å². The molecule has 3 nitrogen and oxygen atoms in total. The molecule has 1 atom stereocenters. The third-order valence-corrected chi connectivity index (χ3v) is 4.51. The molecule has 0 spiro atoms. The number of carbonyl (C=O) groups is 1. The molecule has 0 aliphatic carbocycles. The summed E-state index contributed by atoms with van der Waals surface area (Å²) in [6.07, 6.45) is 5.69. The van der Waals surface area contributed by atoms with E-state index in [4.69, 9.17) is 4.74 Å². The van der Waals surface area contributed by atoms with Crippen molar-refractivity contribution in [3.63, 3.8) is 0 Å². The number of hydrogen-bond acceptors (Lipinski definition) is 2. The summed E-state index contributed by atoms with van der Waals surface area (Å²) in [5, 5.41) is 2.98. The fourth-order valence-corrected chi connectivity index (χ4v) is 2.82. The van der Waals surface area contributed by atoms with Crippen LogP contribution in [0.25, 0.3) is 0 Å². The number of carbonyl (C=O) groups excluding carboxylic acids is 1. The fourth-order valence-electron chi connectivity index (χ4n) is 2.28. The summed E-state index contributed by atoms with van der Waals surface area (Å²) >= 11 is 3.48. The van der Waals surface area contributed by atoms with Gasteiger partial charge in [0.05, 0.1) is 4.47 Å². The van der Waals surface area contributed by atoms with Gasteiger partial charge < -0.3 is 10.1 Å². The number of unbranched alkanes of at least 4 members (excludes halogenated alkanes) is 1. The Morgan fingerprint density at radius 1 is 1.32 bits per heavy atom. The van der Waals surface area contributed by atoms with Crippen LogP contribution in [-0.4, -0.2) is 19.1 Å². The van der Waals surface area contributed by atoms with Crippen molar-refractivity contribution < 1.29 is 9.53 Å². The van der Waals surface area contributed by atoms with Crippen molar-refractivity contribution in [3.05, 3.63) is 28.2 Å². The van der Waals surface area contributed by atoms with E-state index in [1.165, 1.54) is 24.8 Å². The first-order valence-corrected chi connectivity index (χ1v) is 9.07. The summed E-state index contributed by atoms with van der Waals surface area (Å²) in [4.78, 5) is 11.9. The summed E-state index contributed by atoms with van der Waals surface area (Å²) in [7, 11) is 0. The molecule has 1 aromatic carbocycles. The Balaban J connectivity index is 2.36. The molecule has 0 radical (unpaired) electrons. The van der Waals surface area contributed by atoms with Crippen molar-refractivity contribution >= 4 is 21.8 Å². The van der Waals surface area contributed by atoms with Gasteiger partial charge in [-0.05, 0) is 52.4 Å². The predicted molar refractivity (Wildman–Crippen MR) is 95.3 cm³/mol. The molecule has 1 N–H and O–H groups in total. The first-order valence-electron chi connectivity index (χ1n) is 8.28. The van der Waals surface area contributed by atoms with Gasteiger partial charge >= 0.3 is 0 Å². The Kier molecular flexibility index (Phi) is 9.21. The molecule has 1 rings (SSSR count). The van der Waals surface area contributed by atoms with Gasteiger partial charge in [-0.15, -0.1) is 0 Å². The number of hydrogen-bond donors (Lipinski definition) is 1. The molecule has 0 saturated heterocycles. The maximum absolute atomic E-state index is 11.9. The average molecular weight is 370 g/mol. The van der Waals surface area contributed by atoms with Gasteiger partial charge in [0, 0.05) is 6.54 Å². The second-order valence-corrected chi connectivity index (χ2v) is 6.48. The van der Waals surface area contributed by atoms with Gasteiger partial charge in [-0.2, -0.15) is 0 Å². The summed E-state index contributed by atoms with van der Waals surface area (Å²) in [6, 6.07) is 5.97. The van der Waals surface area contributed by atoms with Gasteiger partial charge in [0.2, 0.25) is 0 Å². The molecule has 0 aliphatic rings. The van der Waals surface area contributed by atoms with Crippen LogP contribution in [0.15, 0.2) is 22.7 Å². The molecule has 22 heavy (non-hydrogen) atoms. The molecule has 4 heteroatoms. The van der Waals surface area contributed by atoms with Crippen LogP contribution >= 0.6 is 15.9 Å². The molecule has 1 aromatic rings. The highest BCUT2D eigenvalue weighted by atomic mass is 79.9. The highest BCUT2D eigenvalue weighted by Crippen LogP contribution is 2.26. The van der Waals surface area contributed by atoms with Crippen LogP contribution in [-0.2, 0) is 11.2 Å². The number of amides is 1. The topological polar surface area (TPSA) is 38.3 Å². The van der Waals surface area contributed by atoms with E-state index < -0.39 is 0 Å². The Bertz CT molecular complexity index is 462. The van der Waals surface area contributed by atoms with Crippen molar-refractivity contribution in [1.82, 2.24) is 5.32 Å². The van der Waals surface area contributed by atoms with E-state index in [1.807, 2.05) is 18.2 Å². The van der Waals surface area contributed by atoms with Crippen LogP contribution in [0.4, 0.5) is 0 Å². The minimum atomic E-state index is -0.0542. The van der Waals surface area contributed by atoms with Crippen LogP contribution < -0.4 is 10.1 Å². The predicted octanol–water partition coefficient (Wildman–Crippen LogP) is 4.72. The van der Waals surface area contributed by atoms with Gasteiger partial charge in [-0.1, -0.05) is 46.1 Å². The van der Waals surface area contributed by atoms with Crippen LogP contribution in [0.1, 0.15) is 52.0 Å². The molecule has 0 saturated carbocycles. The molecule has 1 unspecified atom stereocenters. The maximum Gasteiger partial charge on any atom is 0.257 e. The highest BCUT2D eigenvalue weighted by molar-refractivity contribution is 9.10. The van der Waals surface area contributed by atoms with Gasteiger partial charge in [0.25, 0.3) is 5.91 Å². The normalized spacial score (nSPS) is 12.0. The molecular formula is C18H28BrNO2. The van der Waals surface area contributed by atoms with E-state index in [2.05, 4.69) is 42.0 Å². The van der Waals surface area contributed by atoms with E-state index >= 15 is 0 Å². The standard InChI is InChI=1S/C18H28BrNO2/c1-4-7-8-15(6-3)12-20-18(21)13-22-17-10-9-14(5-2)11-16(17)19/h9-11,15H,4-8,12-13H2,1-3H3,(H,20,21). The number of rotatable bonds is 10. The largest absolute Gasteiger partial charge is 0.483 e. The summed E-state index contributed by atoms with van der Waals surface area (Å²) in [5.41, 5.74) is 1.24. The lowest BCUT2D eigenvalue weighted by atomic mass is 9.99. The van der Waals surface area contributed by atoms with Crippen molar-refractivity contribution in [1.29, 1.82) is 0 Å². The minimum Gasteiger partial charge on any atom is -0.483 e. The first kappa shape index (κ1) is 19.0. The second kappa shape index (κ2) is 10.7. The molecule has 0 fully saturated rings. The van der Waals surface area contributed by atoms with Crippen molar-refractivity contribution in [2.24, 2.45) is 5.92 Å². The number of nitrogens with one attached hydrogen (secondary N) is 1. The minimum absolute atomic E-state index is 0.0542. The zero-order valence-electron chi connectivity index (χ0n) is 14.0. The Morgan fingerprint density at radius 2 is 2.09 bits per heavy atom. The smallest absolute Gasteiger partial charge is 0.257 e. The van der Waals surface area contributed by atoms with E-state index in [0.717, 1.165) is 23.9 Å².